The minimum atomic E-state index is -2.34. The van der Waals surface area contributed by atoms with E-state index in [1.165, 1.54) is 47.6 Å². The van der Waals surface area contributed by atoms with E-state index in [0.29, 0.717) is 6.42 Å². The molecule has 5 amide bonds. The van der Waals surface area contributed by atoms with Crippen molar-refractivity contribution in [3.05, 3.63) is 22.8 Å². The van der Waals surface area contributed by atoms with Gasteiger partial charge in [0.15, 0.2) is 18.3 Å². The maximum absolute atomic E-state index is 14.1. The Morgan fingerprint density at radius 1 is 0.620 bits per heavy atom. The van der Waals surface area contributed by atoms with E-state index in [4.69, 9.17) is 34.5 Å². The van der Waals surface area contributed by atoms with Crippen LogP contribution in [0.2, 0.25) is 0 Å². The monoisotopic (exact) mass is 1310 g/mol. The van der Waals surface area contributed by atoms with E-state index < -0.39 is 237 Å². The number of hydrogen-bond acceptors (Lipinski definition) is 22. The van der Waals surface area contributed by atoms with Gasteiger partial charge in [0.25, 0.3) is 0 Å². The van der Waals surface area contributed by atoms with Crippen molar-refractivity contribution in [2.24, 2.45) is 17.6 Å². The van der Waals surface area contributed by atoms with Crippen LogP contribution in [0.4, 0.5) is 0 Å². The largest absolute Gasteiger partial charge is 0.481 e. The molecule has 0 spiro atoms. The van der Waals surface area contributed by atoms with E-state index in [1.54, 1.807) is 6.92 Å². The molecule has 14 atom stereocenters. The zero-order chi connectivity index (χ0) is 70.1. The molecule has 32 nitrogen and oxygen atoms in total. The molecule has 92 heavy (non-hydrogen) atoms. The van der Waals surface area contributed by atoms with Gasteiger partial charge in [-0.3, -0.25) is 47.9 Å². The zero-order valence-corrected chi connectivity index (χ0v) is 53.5. The summed E-state index contributed by atoms with van der Waals surface area (Å²) in [5, 5.41) is 70.6. The fourth-order valence-electron chi connectivity index (χ4n) is 10.6. The summed E-state index contributed by atoms with van der Waals surface area (Å²) in [4.78, 5) is 189. The molecule has 0 aromatic heterocycles. The number of nitrogens with two attached hydrogens (primary N) is 1. The number of nitrogens with one attached hydrogen (secondary N) is 5. The molecule has 32 heteroatoms. The van der Waals surface area contributed by atoms with Gasteiger partial charge in [-0.05, 0) is 91.2 Å². The molecule has 0 saturated heterocycles. The Morgan fingerprint density at radius 2 is 1.10 bits per heavy atom. The molecule has 2 rings (SSSR count). The molecule has 0 heterocycles. The van der Waals surface area contributed by atoms with Gasteiger partial charge in [-0.2, -0.15) is 0 Å². The number of hydrogen-bond donors (Lipinski definition) is 12. The molecule has 0 aromatic rings. The smallest absolute Gasteiger partial charge is 0.334 e. The van der Waals surface area contributed by atoms with Crippen molar-refractivity contribution in [2.45, 2.75) is 250 Å². The molecule has 1 saturated carbocycles. The summed E-state index contributed by atoms with van der Waals surface area (Å²) in [7, 11) is 0. The lowest BCUT2D eigenvalue weighted by Crippen LogP contribution is -2.54. The number of rotatable bonds is 39. The van der Waals surface area contributed by atoms with Crippen LogP contribution in [-0.2, 0) is 95.6 Å². The van der Waals surface area contributed by atoms with E-state index in [-0.39, 0.29) is 29.6 Å². The van der Waals surface area contributed by atoms with Crippen molar-refractivity contribution in [3.63, 3.8) is 0 Å². The summed E-state index contributed by atoms with van der Waals surface area (Å²) in [6, 6.07) is -9.46. The first-order valence-corrected chi connectivity index (χ1v) is 30.2. The first-order valence-electron chi connectivity index (χ1n) is 30.2. The molecule has 1 fully saturated rings. The van der Waals surface area contributed by atoms with Crippen molar-refractivity contribution in [1.29, 1.82) is 0 Å². The average molecular weight is 1310 g/mol. The van der Waals surface area contributed by atoms with E-state index in [9.17, 15) is 97.5 Å². The topological polar surface area (TPSA) is 510 Å². The van der Waals surface area contributed by atoms with Crippen molar-refractivity contribution in [2.75, 3.05) is 0 Å². The number of unbranched alkanes of at least 4 members (excludes halogenated alkanes) is 4. The molecule has 0 aromatic carbocycles. The Hall–Kier alpha value is -8.55. The Labute approximate surface area is 531 Å². The molecule has 0 aliphatic heterocycles. The molecule has 2 aliphatic rings. The van der Waals surface area contributed by atoms with E-state index >= 15 is 0 Å². The van der Waals surface area contributed by atoms with Crippen LogP contribution >= 0.6 is 0 Å². The number of aliphatic carboxylic acids is 5. The number of carboxylic acid groups (broad SMARTS) is 5. The van der Waals surface area contributed by atoms with Crippen LogP contribution in [0, 0.1) is 11.8 Å². The predicted molar refractivity (Wildman–Crippen MR) is 316 cm³/mol. The number of allylic oxidation sites excluding steroid dienone is 1. The van der Waals surface area contributed by atoms with Crippen LogP contribution in [0.3, 0.4) is 0 Å². The summed E-state index contributed by atoms with van der Waals surface area (Å²) in [6.45, 7) is 14.4. The van der Waals surface area contributed by atoms with Gasteiger partial charge >= 0.3 is 59.7 Å². The number of ether oxygens (including phenoxy) is 5. The zero-order valence-electron chi connectivity index (χ0n) is 53.5. The number of carboxylic acids is 5. The lowest BCUT2D eigenvalue weighted by atomic mass is 9.79. The predicted octanol–water partition coefficient (Wildman–Crippen LogP) is 1.13. The molecule has 0 radical (unpaired) electrons. The summed E-state index contributed by atoms with van der Waals surface area (Å²) < 4.78 is 30.0. The molecule has 516 valence electrons. The Bertz CT molecular complexity index is 2800. The second kappa shape index (κ2) is 37.1. The van der Waals surface area contributed by atoms with Crippen LogP contribution < -0.4 is 32.3 Å². The highest BCUT2D eigenvalue weighted by atomic mass is 16.6. The second-order valence-electron chi connectivity index (χ2n) is 23.5. The fourth-order valence-corrected chi connectivity index (χ4v) is 10.6. The molecule has 14 unspecified atom stereocenters. The molecule has 0 bridgehead atoms. The van der Waals surface area contributed by atoms with Gasteiger partial charge in [-0.15, -0.1) is 0 Å². The van der Waals surface area contributed by atoms with E-state index in [0.717, 1.165) is 39.5 Å². The highest BCUT2D eigenvalue weighted by Crippen LogP contribution is 2.53. The van der Waals surface area contributed by atoms with Crippen LogP contribution in [0.15, 0.2) is 22.8 Å². The standard InChI is InChI=1S/C60H90N6O26/c1-11-13-14-15-16-17-46(75)90-50-48-47(32(6)49(50)91-57(85)29(3)12-2)51(88-33(7)67)60(10,87)40(28-59(48,9)92-34(8)68)89-58(86)30(4)26-31(5)62-44(72)27-35(61)52(76)66-39(56(83)84)20-24-43(71)64-37(54(79)80)18-22-41(69)63-36(53(77)78)19-23-42(70)65-38(55(81)82)21-25-45(73)74/h12,30-31,35-40,48-51,87H,11,13-28,61H2,1-10H3,(H,62,72)(H,63,69)(H,64,71)(H,65,70)(H,66,76)(H,73,74)(H,77,78)(H,79,80)(H,81,82)(H,83,84). The number of carbonyl (C=O) groups is 15. The van der Waals surface area contributed by atoms with Crippen LogP contribution in [-0.4, -0.2) is 192 Å². The van der Waals surface area contributed by atoms with Gasteiger partial charge < -0.3 is 86.6 Å². The van der Waals surface area contributed by atoms with Gasteiger partial charge in [-0.1, -0.05) is 45.6 Å². The normalized spacial score (nSPS) is 22.5. The van der Waals surface area contributed by atoms with Gasteiger partial charge in [0.1, 0.15) is 41.5 Å². The number of carbonyl (C=O) groups excluding carboxylic acids is 10. The number of esters is 5. The van der Waals surface area contributed by atoms with Crippen LogP contribution in [0.25, 0.3) is 0 Å². The Morgan fingerprint density at radius 3 is 1.54 bits per heavy atom. The van der Waals surface area contributed by atoms with Crippen molar-refractivity contribution >= 4 is 89.2 Å². The Kier molecular flexibility index (Phi) is 32.1. The maximum atomic E-state index is 14.1. The number of fused-ring (bicyclic) bond motifs is 1. The first kappa shape index (κ1) is 79.5. The SMILES string of the molecule is CC=C(C)C(=O)OC1C(C)=C2C(C1OC(=O)CCCCCCC)C(C)(OC(C)=O)CC(OC(=O)C(C)CC(C)NC(=O)CC(N)C(=O)NC(CCC(=O)NC(CCC(=O)NC(CCC(=O)NC(CCC(=O)O)C(=O)O)C(=O)O)C(=O)O)C(=O)O)C(C)(O)C2OC(C)=O. The number of amides is 5. The van der Waals surface area contributed by atoms with Crippen molar-refractivity contribution in [1.82, 2.24) is 26.6 Å². The lowest BCUT2D eigenvalue weighted by molar-refractivity contribution is -0.196. The minimum absolute atomic E-state index is 0.0235. The Balaban J connectivity index is 2.17. The van der Waals surface area contributed by atoms with Gasteiger partial charge in [0.2, 0.25) is 29.5 Å². The molecule has 2 aliphatic carbocycles. The van der Waals surface area contributed by atoms with Crippen LogP contribution in [0.1, 0.15) is 178 Å². The highest BCUT2D eigenvalue weighted by molar-refractivity contribution is 5.92. The van der Waals surface area contributed by atoms with Crippen molar-refractivity contribution in [3.8, 4) is 0 Å². The highest BCUT2D eigenvalue weighted by Gasteiger charge is 2.65. The number of aliphatic hydroxyl groups is 1. The van der Waals surface area contributed by atoms with Gasteiger partial charge in [0.05, 0.1) is 24.3 Å². The quantitative estimate of drug-likeness (QED) is 0.0135. The molecular formula is C60H90N6O26. The average Bonchev–Trinajstić information content (AvgIpc) is 1.56. The van der Waals surface area contributed by atoms with E-state index in [1.807, 2.05) is 6.92 Å². The van der Waals surface area contributed by atoms with Gasteiger partial charge in [-0.25, -0.2) is 24.0 Å². The fraction of sp³-hybridized carbons (Fsp3) is 0.683. The maximum Gasteiger partial charge on any atom is 0.334 e. The summed E-state index contributed by atoms with van der Waals surface area (Å²) >= 11 is 0. The first-order chi connectivity index (χ1) is 42.8. The second-order valence-corrected chi connectivity index (χ2v) is 23.5. The van der Waals surface area contributed by atoms with E-state index in [2.05, 4.69) is 26.6 Å². The van der Waals surface area contributed by atoms with Gasteiger partial charge in [0, 0.05) is 64.0 Å². The molecular weight excluding hydrogens is 1220 g/mol. The molecule has 13 N–H and O–H groups in total. The summed E-state index contributed by atoms with van der Waals surface area (Å²) in [5.41, 5.74) is 2.28. The lowest BCUT2D eigenvalue weighted by Gasteiger charge is -2.40. The van der Waals surface area contributed by atoms with Crippen LogP contribution in [0.5, 0.6) is 0 Å². The summed E-state index contributed by atoms with van der Waals surface area (Å²) in [6.07, 6.45) is -6.94. The summed E-state index contributed by atoms with van der Waals surface area (Å²) in [5.74, 6) is -19.4. The van der Waals surface area contributed by atoms with Crippen molar-refractivity contribution < 1.29 is 126 Å². The third kappa shape index (κ3) is 25.3. The third-order valence-corrected chi connectivity index (χ3v) is 15.6. The third-order valence-electron chi connectivity index (χ3n) is 15.6. The minimum Gasteiger partial charge on any atom is -0.481 e.